The first-order valence-electron chi connectivity index (χ1n) is 6.38. The van der Waals surface area contributed by atoms with Gasteiger partial charge in [-0.05, 0) is 17.7 Å². The van der Waals surface area contributed by atoms with E-state index in [0.29, 0.717) is 29.4 Å². The molecule has 0 aliphatic heterocycles. The van der Waals surface area contributed by atoms with E-state index >= 15 is 0 Å². The largest absolute Gasteiger partial charge is 0.493 e. The molecule has 2 aromatic rings. The molecule has 1 N–H and O–H groups in total. The summed E-state index contributed by atoms with van der Waals surface area (Å²) in [5.41, 5.74) is 1.70. The Labute approximate surface area is 123 Å². The van der Waals surface area contributed by atoms with Gasteiger partial charge in [-0.25, -0.2) is 0 Å². The van der Waals surface area contributed by atoms with Gasteiger partial charge in [0.05, 0.1) is 20.4 Å². The zero-order valence-electron chi connectivity index (χ0n) is 11.9. The Balaban J connectivity index is 2.28. The highest BCUT2D eigenvalue weighted by Gasteiger charge is 2.14. The summed E-state index contributed by atoms with van der Waals surface area (Å²) in [7, 11) is 3.09. The van der Waals surface area contributed by atoms with Crippen molar-refractivity contribution < 1.29 is 19.4 Å². The number of oxime groups is 1. The first kappa shape index (κ1) is 14.7. The van der Waals surface area contributed by atoms with Crippen molar-refractivity contribution in [1.29, 1.82) is 0 Å². The van der Waals surface area contributed by atoms with Crippen LogP contribution in [0.3, 0.4) is 0 Å². The zero-order chi connectivity index (χ0) is 15.1. The molecule has 0 spiro atoms. The first-order chi connectivity index (χ1) is 10.3. The van der Waals surface area contributed by atoms with E-state index in [9.17, 15) is 0 Å². The number of rotatable bonds is 6. The molecule has 2 rings (SSSR count). The van der Waals surface area contributed by atoms with Gasteiger partial charge >= 0.3 is 0 Å². The van der Waals surface area contributed by atoms with Crippen LogP contribution in [0.1, 0.15) is 11.1 Å². The predicted octanol–water partition coefficient (Wildman–Crippen LogP) is 3.09. The molecule has 0 fully saturated rings. The van der Waals surface area contributed by atoms with Crippen LogP contribution in [0.25, 0.3) is 0 Å². The SMILES string of the molecule is COc1cc(/C=N\O)cc(OC)c1OCc1ccccc1. The molecule has 0 amide bonds. The molecule has 0 bridgehead atoms. The van der Waals surface area contributed by atoms with Gasteiger partial charge < -0.3 is 19.4 Å². The molecule has 0 unspecified atom stereocenters. The van der Waals surface area contributed by atoms with Crippen LogP contribution in [0.5, 0.6) is 17.2 Å². The molecule has 0 heterocycles. The van der Waals surface area contributed by atoms with Crippen LogP contribution in [0.15, 0.2) is 47.6 Å². The van der Waals surface area contributed by atoms with Crippen molar-refractivity contribution in [3.63, 3.8) is 0 Å². The third-order valence-electron chi connectivity index (χ3n) is 2.92. The molecular formula is C16H17NO4. The second kappa shape index (κ2) is 7.19. The number of hydrogen-bond acceptors (Lipinski definition) is 5. The van der Waals surface area contributed by atoms with Gasteiger partial charge in [0.1, 0.15) is 6.61 Å². The van der Waals surface area contributed by atoms with E-state index in [2.05, 4.69) is 5.16 Å². The molecule has 0 aromatic heterocycles. The summed E-state index contributed by atoms with van der Waals surface area (Å²) < 4.78 is 16.4. The Morgan fingerprint density at radius 2 is 1.67 bits per heavy atom. The quantitative estimate of drug-likeness (QED) is 0.504. The fourth-order valence-electron chi connectivity index (χ4n) is 1.91. The smallest absolute Gasteiger partial charge is 0.203 e. The molecule has 0 atom stereocenters. The van der Waals surface area contributed by atoms with Gasteiger partial charge in [0.15, 0.2) is 11.5 Å². The number of methoxy groups -OCH3 is 2. The van der Waals surface area contributed by atoms with Gasteiger partial charge in [-0.2, -0.15) is 0 Å². The third-order valence-corrected chi connectivity index (χ3v) is 2.92. The minimum Gasteiger partial charge on any atom is -0.493 e. The Morgan fingerprint density at radius 3 is 2.19 bits per heavy atom. The normalized spacial score (nSPS) is 10.6. The lowest BCUT2D eigenvalue weighted by atomic mass is 10.2. The molecule has 110 valence electrons. The summed E-state index contributed by atoms with van der Waals surface area (Å²) in [6.45, 7) is 0.404. The lowest BCUT2D eigenvalue weighted by Gasteiger charge is -2.15. The van der Waals surface area contributed by atoms with Crippen LogP contribution in [-0.2, 0) is 6.61 Å². The fourth-order valence-corrected chi connectivity index (χ4v) is 1.91. The molecular weight excluding hydrogens is 270 g/mol. The van der Waals surface area contributed by atoms with E-state index in [0.717, 1.165) is 5.56 Å². The van der Waals surface area contributed by atoms with E-state index in [1.54, 1.807) is 26.4 Å². The maximum absolute atomic E-state index is 8.62. The van der Waals surface area contributed by atoms with Gasteiger partial charge in [-0.15, -0.1) is 0 Å². The van der Waals surface area contributed by atoms with Crippen LogP contribution < -0.4 is 14.2 Å². The van der Waals surface area contributed by atoms with Crippen molar-refractivity contribution in [2.24, 2.45) is 5.16 Å². The van der Waals surface area contributed by atoms with E-state index in [-0.39, 0.29) is 0 Å². The summed E-state index contributed by atoms with van der Waals surface area (Å²) in [6.07, 6.45) is 1.30. The lowest BCUT2D eigenvalue weighted by Crippen LogP contribution is -2.01. The third kappa shape index (κ3) is 3.66. The fraction of sp³-hybridized carbons (Fsp3) is 0.188. The maximum Gasteiger partial charge on any atom is 0.203 e. The molecule has 0 saturated heterocycles. The molecule has 5 heteroatoms. The van der Waals surface area contributed by atoms with E-state index in [4.69, 9.17) is 19.4 Å². The monoisotopic (exact) mass is 287 g/mol. The number of hydrogen-bond donors (Lipinski definition) is 1. The van der Waals surface area contributed by atoms with Crippen molar-refractivity contribution in [3.05, 3.63) is 53.6 Å². The highest BCUT2D eigenvalue weighted by atomic mass is 16.5. The average molecular weight is 287 g/mol. The number of ether oxygens (including phenoxy) is 3. The van der Waals surface area contributed by atoms with Gasteiger partial charge in [-0.3, -0.25) is 0 Å². The second-order valence-electron chi connectivity index (χ2n) is 4.27. The van der Waals surface area contributed by atoms with Gasteiger partial charge in [0.25, 0.3) is 0 Å². The first-order valence-corrected chi connectivity index (χ1v) is 6.38. The highest BCUT2D eigenvalue weighted by Crippen LogP contribution is 2.38. The summed E-state index contributed by atoms with van der Waals surface area (Å²) >= 11 is 0. The van der Waals surface area contributed by atoms with Crippen molar-refractivity contribution in [2.45, 2.75) is 6.61 Å². The Kier molecular flexibility index (Phi) is 5.04. The van der Waals surface area contributed by atoms with E-state index < -0.39 is 0 Å². The highest BCUT2D eigenvalue weighted by molar-refractivity contribution is 5.82. The summed E-state index contributed by atoms with van der Waals surface area (Å²) in [4.78, 5) is 0. The average Bonchev–Trinajstić information content (AvgIpc) is 2.54. The Hall–Kier alpha value is -2.69. The van der Waals surface area contributed by atoms with Gasteiger partial charge in [0.2, 0.25) is 5.75 Å². The summed E-state index contributed by atoms with van der Waals surface area (Å²) in [5.74, 6) is 1.54. The van der Waals surface area contributed by atoms with Crippen molar-refractivity contribution in [1.82, 2.24) is 0 Å². The van der Waals surface area contributed by atoms with Crippen molar-refractivity contribution in [3.8, 4) is 17.2 Å². The number of benzene rings is 2. The minimum atomic E-state index is 0.404. The zero-order valence-corrected chi connectivity index (χ0v) is 11.9. The Morgan fingerprint density at radius 1 is 1.05 bits per heavy atom. The van der Waals surface area contributed by atoms with Crippen LogP contribution in [0, 0.1) is 0 Å². The molecule has 21 heavy (non-hydrogen) atoms. The molecule has 2 aromatic carbocycles. The molecule has 0 aliphatic carbocycles. The van der Waals surface area contributed by atoms with Gasteiger partial charge in [-0.1, -0.05) is 35.5 Å². The lowest BCUT2D eigenvalue weighted by molar-refractivity contribution is 0.266. The molecule has 0 aliphatic rings. The van der Waals surface area contributed by atoms with Crippen molar-refractivity contribution >= 4 is 6.21 Å². The molecule has 5 nitrogen and oxygen atoms in total. The maximum atomic E-state index is 8.62. The topological polar surface area (TPSA) is 60.3 Å². The summed E-state index contributed by atoms with van der Waals surface area (Å²) in [5, 5.41) is 11.6. The van der Waals surface area contributed by atoms with Crippen LogP contribution in [0.4, 0.5) is 0 Å². The predicted molar refractivity (Wildman–Crippen MR) is 79.7 cm³/mol. The Bertz CT molecular complexity index is 586. The van der Waals surface area contributed by atoms with Crippen LogP contribution in [0.2, 0.25) is 0 Å². The molecule has 0 radical (unpaired) electrons. The summed E-state index contributed by atoms with van der Waals surface area (Å²) in [6, 6.07) is 13.2. The van der Waals surface area contributed by atoms with Crippen LogP contribution >= 0.6 is 0 Å². The molecule has 0 saturated carbocycles. The van der Waals surface area contributed by atoms with E-state index in [1.807, 2.05) is 30.3 Å². The standard InChI is InChI=1S/C16H17NO4/c1-19-14-8-13(10-17-18)9-15(20-2)16(14)21-11-12-6-4-3-5-7-12/h3-10,18H,11H2,1-2H3/b17-10-. The van der Waals surface area contributed by atoms with E-state index in [1.165, 1.54) is 6.21 Å². The van der Waals surface area contributed by atoms with Crippen LogP contribution in [-0.4, -0.2) is 25.6 Å². The second-order valence-corrected chi connectivity index (χ2v) is 4.27. The van der Waals surface area contributed by atoms with Crippen molar-refractivity contribution in [2.75, 3.05) is 14.2 Å². The van der Waals surface area contributed by atoms with Gasteiger partial charge in [0, 0.05) is 5.56 Å². The minimum absolute atomic E-state index is 0.404. The number of nitrogens with zero attached hydrogens (tertiary/aromatic N) is 1.